The van der Waals surface area contributed by atoms with Crippen LogP contribution >= 0.6 is 23.2 Å². The van der Waals surface area contributed by atoms with E-state index in [1.165, 1.54) is 18.3 Å². The van der Waals surface area contributed by atoms with Gasteiger partial charge in [-0.1, -0.05) is 35.3 Å². The van der Waals surface area contributed by atoms with Gasteiger partial charge in [-0.2, -0.15) is 0 Å². The number of sulfone groups is 1. The number of benzene rings is 1. The van der Waals surface area contributed by atoms with E-state index in [9.17, 15) is 18.0 Å². The summed E-state index contributed by atoms with van der Waals surface area (Å²) in [6.07, 6.45) is 4.98. The molecule has 0 aliphatic carbocycles. The molecule has 0 fully saturated rings. The summed E-state index contributed by atoms with van der Waals surface area (Å²) < 4.78 is 22.6. The molecule has 0 spiro atoms. The lowest BCUT2D eigenvalue weighted by molar-refractivity contribution is -0.104. The third-order valence-corrected chi connectivity index (χ3v) is 4.59. The van der Waals surface area contributed by atoms with Gasteiger partial charge in [0, 0.05) is 44.6 Å². The van der Waals surface area contributed by atoms with Crippen LogP contribution in [0.2, 0.25) is 0 Å². The Morgan fingerprint density at radius 2 is 1.81 bits per heavy atom. The second-order valence-corrected chi connectivity index (χ2v) is 7.54. The molecule has 2 aromatic rings. The molecule has 9 heteroatoms. The van der Waals surface area contributed by atoms with Gasteiger partial charge in [-0.15, -0.1) is 0 Å². The Morgan fingerprint density at radius 1 is 1.19 bits per heavy atom. The van der Waals surface area contributed by atoms with Gasteiger partial charge in [0.2, 0.25) is 0 Å². The van der Waals surface area contributed by atoms with Crippen LogP contribution in [0.4, 0.5) is 0 Å². The standard InChI is InChI=1S/C14H13NO3S.C3H2Cl2O.B/c1-19(17,18)13-6-4-11(5-7-13)9-14(16)12-3-2-8-15-10-12;4-1-3(5)2-6;/h2-8,10H,9H2,1H3;1-2H;/b;3-1-;. The summed E-state index contributed by atoms with van der Waals surface area (Å²) in [7, 11) is -3.20. The minimum absolute atomic E-state index is 0. The number of ketones is 1. The number of halogens is 2. The van der Waals surface area contributed by atoms with E-state index in [0.29, 0.717) is 11.8 Å². The summed E-state index contributed by atoms with van der Waals surface area (Å²) in [5.41, 5.74) is 2.34. The highest BCUT2D eigenvalue weighted by atomic mass is 35.5. The molecule has 2 rings (SSSR count). The maximum absolute atomic E-state index is 11.9. The van der Waals surface area contributed by atoms with E-state index in [1.54, 1.807) is 30.5 Å². The van der Waals surface area contributed by atoms with Gasteiger partial charge in [0.1, 0.15) is 0 Å². The second kappa shape index (κ2) is 11.6. The average Bonchev–Trinajstić information content (AvgIpc) is 2.62. The van der Waals surface area contributed by atoms with Crippen LogP contribution in [0.25, 0.3) is 0 Å². The zero-order valence-corrected chi connectivity index (χ0v) is 16.1. The molecule has 26 heavy (non-hydrogen) atoms. The quantitative estimate of drug-likeness (QED) is 0.327. The Balaban J connectivity index is 0.000000777. The number of allylic oxidation sites excluding steroid dienone is 1. The van der Waals surface area contributed by atoms with E-state index in [4.69, 9.17) is 23.2 Å². The molecular weight excluding hydrogens is 396 g/mol. The van der Waals surface area contributed by atoms with Crippen molar-refractivity contribution < 1.29 is 18.0 Å². The van der Waals surface area contributed by atoms with E-state index in [1.807, 2.05) is 0 Å². The second-order valence-electron chi connectivity index (χ2n) is 4.87. The molecule has 0 unspecified atom stereocenters. The first-order chi connectivity index (χ1) is 11.8. The fraction of sp³-hybridized carbons (Fsp3) is 0.118. The van der Waals surface area contributed by atoms with Crippen molar-refractivity contribution >= 4 is 53.5 Å². The molecule has 0 N–H and O–H groups in total. The molecule has 0 aliphatic rings. The van der Waals surface area contributed by atoms with Gasteiger partial charge in [0.25, 0.3) is 0 Å². The van der Waals surface area contributed by atoms with Gasteiger partial charge in [-0.05, 0) is 29.8 Å². The van der Waals surface area contributed by atoms with Crippen LogP contribution < -0.4 is 0 Å². The number of pyridine rings is 1. The van der Waals surface area contributed by atoms with Crippen molar-refractivity contribution in [1.29, 1.82) is 0 Å². The number of aldehydes is 1. The lowest BCUT2D eigenvalue weighted by Crippen LogP contribution is -2.04. The Labute approximate surface area is 164 Å². The summed E-state index contributed by atoms with van der Waals surface area (Å²) in [4.78, 5) is 25.5. The van der Waals surface area contributed by atoms with Crippen LogP contribution in [0, 0.1) is 0 Å². The number of hydrogen-bond acceptors (Lipinski definition) is 5. The van der Waals surface area contributed by atoms with Gasteiger partial charge in [0.15, 0.2) is 21.9 Å². The van der Waals surface area contributed by atoms with E-state index in [2.05, 4.69) is 4.98 Å². The summed E-state index contributed by atoms with van der Waals surface area (Å²) in [6.45, 7) is 0. The van der Waals surface area contributed by atoms with Gasteiger partial charge in [-0.25, -0.2) is 8.42 Å². The third kappa shape index (κ3) is 8.42. The molecule has 0 atom stereocenters. The minimum atomic E-state index is -3.20. The zero-order valence-electron chi connectivity index (χ0n) is 13.8. The van der Waals surface area contributed by atoms with Gasteiger partial charge in [0.05, 0.1) is 9.93 Å². The molecule has 1 aromatic heterocycles. The van der Waals surface area contributed by atoms with Crippen molar-refractivity contribution in [2.45, 2.75) is 11.3 Å². The predicted molar refractivity (Wildman–Crippen MR) is 103 cm³/mol. The zero-order chi connectivity index (χ0) is 18.9. The molecule has 1 heterocycles. The van der Waals surface area contributed by atoms with Crippen LogP contribution in [0.5, 0.6) is 0 Å². The van der Waals surface area contributed by atoms with Crippen molar-refractivity contribution in [1.82, 2.24) is 4.98 Å². The molecule has 5 nitrogen and oxygen atoms in total. The van der Waals surface area contributed by atoms with Crippen LogP contribution in [0.1, 0.15) is 15.9 Å². The molecular formula is C17H15BCl2NO4S. The fourth-order valence-electron chi connectivity index (χ4n) is 1.70. The van der Waals surface area contributed by atoms with E-state index < -0.39 is 9.84 Å². The summed E-state index contributed by atoms with van der Waals surface area (Å²) >= 11 is 9.94. The SMILES string of the molecule is CS(=O)(=O)c1ccc(CC(=O)c2cccnc2)cc1.O=C/C(Cl)=C/Cl.[B]. The maximum Gasteiger partial charge on any atom is 0.175 e. The molecule has 0 saturated carbocycles. The molecule has 1 aromatic carbocycles. The fourth-order valence-corrected chi connectivity index (χ4v) is 2.38. The highest BCUT2D eigenvalue weighted by molar-refractivity contribution is 7.90. The number of Topliss-reactive ketones (excluding diaryl/α,β-unsaturated/α-hetero) is 1. The number of aromatic nitrogens is 1. The molecule has 135 valence electrons. The minimum Gasteiger partial charge on any atom is -0.297 e. The lowest BCUT2D eigenvalue weighted by atomic mass is 10.0. The van der Waals surface area contributed by atoms with Crippen LogP contribution in [-0.2, 0) is 21.1 Å². The van der Waals surface area contributed by atoms with E-state index in [0.717, 1.165) is 17.4 Å². The molecule has 0 saturated heterocycles. The first kappa shape index (κ1) is 24.0. The van der Waals surface area contributed by atoms with Gasteiger partial charge in [-0.3, -0.25) is 14.6 Å². The summed E-state index contributed by atoms with van der Waals surface area (Å²) in [6, 6.07) is 9.76. The Morgan fingerprint density at radius 3 is 2.19 bits per heavy atom. The highest BCUT2D eigenvalue weighted by Crippen LogP contribution is 2.12. The number of hydrogen-bond donors (Lipinski definition) is 0. The van der Waals surface area contributed by atoms with Crippen molar-refractivity contribution in [2.24, 2.45) is 0 Å². The van der Waals surface area contributed by atoms with E-state index in [-0.39, 0.29) is 30.5 Å². The molecule has 0 aliphatic heterocycles. The Hall–Kier alpha value is -1.96. The molecule has 0 bridgehead atoms. The van der Waals surface area contributed by atoms with Crippen LogP contribution in [0.3, 0.4) is 0 Å². The van der Waals surface area contributed by atoms with Crippen LogP contribution in [0.15, 0.2) is 64.3 Å². The third-order valence-electron chi connectivity index (χ3n) is 2.92. The van der Waals surface area contributed by atoms with Crippen molar-refractivity contribution in [2.75, 3.05) is 6.26 Å². The number of carbonyl (C=O) groups is 2. The van der Waals surface area contributed by atoms with Crippen molar-refractivity contribution in [3.8, 4) is 0 Å². The topological polar surface area (TPSA) is 81.2 Å². The van der Waals surface area contributed by atoms with Crippen LogP contribution in [-0.4, -0.2) is 40.1 Å². The first-order valence-electron chi connectivity index (χ1n) is 6.91. The maximum atomic E-state index is 11.9. The number of rotatable bonds is 5. The van der Waals surface area contributed by atoms with Crippen molar-refractivity contribution in [3.63, 3.8) is 0 Å². The van der Waals surface area contributed by atoms with Crippen molar-refractivity contribution in [3.05, 3.63) is 70.5 Å². The summed E-state index contributed by atoms with van der Waals surface area (Å²) in [5.74, 6) is -0.0415. The number of nitrogens with zero attached hydrogens (tertiary/aromatic N) is 1. The normalized spacial score (nSPS) is 10.8. The Bertz CT molecular complexity index is 854. The highest BCUT2D eigenvalue weighted by Gasteiger charge is 2.09. The number of carbonyl (C=O) groups excluding carboxylic acids is 2. The predicted octanol–water partition coefficient (Wildman–Crippen LogP) is 3.03. The smallest absolute Gasteiger partial charge is 0.175 e. The van der Waals surface area contributed by atoms with Gasteiger partial charge >= 0.3 is 0 Å². The van der Waals surface area contributed by atoms with E-state index >= 15 is 0 Å². The van der Waals surface area contributed by atoms with Gasteiger partial charge < -0.3 is 0 Å². The first-order valence-corrected chi connectivity index (χ1v) is 9.61. The lowest BCUT2D eigenvalue weighted by Gasteiger charge is -2.03. The largest absolute Gasteiger partial charge is 0.297 e. The molecule has 0 amide bonds. The average molecular weight is 411 g/mol. The molecule has 3 radical (unpaired) electrons. The summed E-state index contributed by atoms with van der Waals surface area (Å²) in [5, 5.41) is 0.0247. The monoisotopic (exact) mass is 410 g/mol. The Kier molecular flexibility index (Phi) is 10.7.